The molecule has 0 unspecified atom stereocenters. The van der Waals surface area contributed by atoms with Crippen molar-refractivity contribution in [2.45, 2.75) is 20.8 Å². The van der Waals surface area contributed by atoms with Gasteiger partial charge in [-0.15, -0.1) is 0 Å². The Morgan fingerprint density at radius 2 is 1.70 bits per heavy atom. The minimum Gasteiger partial charge on any atom is -0.493 e. The molecule has 0 aliphatic rings. The molecule has 4 nitrogen and oxygen atoms in total. The molecule has 122 valence electrons. The van der Waals surface area contributed by atoms with E-state index < -0.39 is 0 Å². The Morgan fingerprint density at radius 3 is 2.35 bits per heavy atom. The van der Waals surface area contributed by atoms with Crippen LogP contribution in [0.5, 0.6) is 11.5 Å². The van der Waals surface area contributed by atoms with E-state index in [0.29, 0.717) is 18.3 Å². The number of benzene rings is 2. The van der Waals surface area contributed by atoms with Gasteiger partial charge in [0, 0.05) is 11.8 Å². The molecule has 0 bridgehead atoms. The molecular weight excluding hydrogens is 290 g/mol. The topological polar surface area (TPSA) is 47.6 Å². The largest absolute Gasteiger partial charge is 0.493 e. The van der Waals surface area contributed by atoms with E-state index in [4.69, 9.17) is 9.47 Å². The molecular formula is C19H23NO3. The second kappa shape index (κ2) is 8.22. The molecule has 2 aromatic carbocycles. The average Bonchev–Trinajstić information content (AvgIpc) is 2.54. The molecule has 0 fully saturated rings. The number of aryl methyl sites for hydroxylation is 1. The van der Waals surface area contributed by atoms with Gasteiger partial charge in [-0.2, -0.15) is 0 Å². The molecule has 0 saturated carbocycles. The van der Waals surface area contributed by atoms with Gasteiger partial charge in [0.1, 0.15) is 11.5 Å². The van der Waals surface area contributed by atoms with Crippen LogP contribution in [0.1, 0.15) is 19.4 Å². The van der Waals surface area contributed by atoms with Crippen LogP contribution in [0.3, 0.4) is 0 Å². The zero-order valence-corrected chi connectivity index (χ0v) is 13.8. The molecule has 2 rings (SSSR count). The Balaban J connectivity index is 1.84. The van der Waals surface area contributed by atoms with Crippen LogP contribution in [-0.2, 0) is 4.79 Å². The van der Waals surface area contributed by atoms with Gasteiger partial charge in [0.15, 0.2) is 6.61 Å². The number of anilines is 1. The van der Waals surface area contributed by atoms with E-state index in [2.05, 4.69) is 19.2 Å². The number of nitrogens with one attached hydrogen (secondary N) is 1. The van der Waals surface area contributed by atoms with E-state index in [1.807, 2.05) is 43.3 Å². The Labute approximate surface area is 137 Å². The number of carbonyl (C=O) groups is 1. The van der Waals surface area contributed by atoms with Crippen molar-refractivity contribution in [2.24, 2.45) is 5.92 Å². The van der Waals surface area contributed by atoms with Gasteiger partial charge < -0.3 is 14.8 Å². The third-order valence-corrected chi connectivity index (χ3v) is 3.09. The Hall–Kier alpha value is -2.49. The first-order valence-electron chi connectivity index (χ1n) is 7.75. The molecule has 4 heteroatoms. The maximum atomic E-state index is 11.9. The maximum absolute atomic E-state index is 11.9. The van der Waals surface area contributed by atoms with E-state index in [9.17, 15) is 4.79 Å². The van der Waals surface area contributed by atoms with Crippen molar-refractivity contribution < 1.29 is 14.3 Å². The lowest BCUT2D eigenvalue weighted by molar-refractivity contribution is -0.118. The van der Waals surface area contributed by atoms with Crippen LogP contribution in [-0.4, -0.2) is 19.1 Å². The van der Waals surface area contributed by atoms with Crippen molar-refractivity contribution in [3.8, 4) is 11.5 Å². The highest BCUT2D eigenvalue weighted by molar-refractivity contribution is 5.91. The van der Waals surface area contributed by atoms with Gasteiger partial charge in [0.05, 0.1) is 6.61 Å². The summed E-state index contributed by atoms with van der Waals surface area (Å²) in [5.74, 6) is 1.63. The third kappa shape index (κ3) is 6.02. The molecule has 1 N–H and O–H groups in total. The van der Waals surface area contributed by atoms with Crippen LogP contribution >= 0.6 is 0 Å². The molecule has 0 radical (unpaired) electrons. The molecule has 2 aromatic rings. The fraction of sp³-hybridized carbons (Fsp3) is 0.316. The second-order valence-electron chi connectivity index (χ2n) is 5.88. The van der Waals surface area contributed by atoms with Crippen molar-refractivity contribution in [3.05, 3.63) is 54.1 Å². The van der Waals surface area contributed by atoms with E-state index in [-0.39, 0.29) is 12.5 Å². The Morgan fingerprint density at radius 1 is 1.04 bits per heavy atom. The van der Waals surface area contributed by atoms with E-state index in [0.717, 1.165) is 17.0 Å². The zero-order valence-electron chi connectivity index (χ0n) is 13.8. The lowest BCUT2D eigenvalue weighted by atomic mass is 10.2. The van der Waals surface area contributed by atoms with Crippen molar-refractivity contribution in [1.29, 1.82) is 0 Å². The minimum absolute atomic E-state index is 0.0402. The van der Waals surface area contributed by atoms with Crippen molar-refractivity contribution >= 4 is 11.6 Å². The molecule has 0 atom stereocenters. The predicted molar refractivity (Wildman–Crippen MR) is 92.1 cm³/mol. The molecule has 0 heterocycles. The summed E-state index contributed by atoms with van der Waals surface area (Å²) in [6, 6.07) is 15.0. The highest BCUT2D eigenvalue weighted by Gasteiger charge is 2.05. The zero-order chi connectivity index (χ0) is 16.7. The Kier molecular flexibility index (Phi) is 6.03. The fourth-order valence-corrected chi connectivity index (χ4v) is 1.90. The number of hydrogen-bond donors (Lipinski definition) is 1. The predicted octanol–water partition coefficient (Wildman–Crippen LogP) is 4.05. The summed E-state index contributed by atoms with van der Waals surface area (Å²) in [7, 11) is 0. The number of carbonyl (C=O) groups excluding carboxylic acids is 1. The fourth-order valence-electron chi connectivity index (χ4n) is 1.90. The van der Waals surface area contributed by atoms with E-state index in [1.165, 1.54) is 0 Å². The molecule has 1 amide bonds. The van der Waals surface area contributed by atoms with Crippen molar-refractivity contribution in [2.75, 3.05) is 18.5 Å². The standard InChI is InChI=1S/C19H23NO3/c1-14(2)12-22-17-5-4-6-18(11-17)23-13-19(21)20-16-9-7-15(3)8-10-16/h4-11,14H,12-13H2,1-3H3,(H,20,21). The van der Waals surface area contributed by atoms with Crippen molar-refractivity contribution in [1.82, 2.24) is 0 Å². The number of hydrogen-bond acceptors (Lipinski definition) is 3. The van der Waals surface area contributed by atoms with Crippen LogP contribution in [0, 0.1) is 12.8 Å². The summed E-state index contributed by atoms with van der Waals surface area (Å²) in [6.07, 6.45) is 0. The van der Waals surface area contributed by atoms with Gasteiger partial charge in [0.25, 0.3) is 5.91 Å². The average molecular weight is 313 g/mol. The smallest absolute Gasteiger partial charge is 0.262 e. The summed E-state index contributed by atoms with van der Waals surface area (Å²) in [5, 5.41) is 2.80. The van der Waals surface area contributed by atoms with Crippen LogP contribution < -0.4 is 14.8 Å². The van der Waals surface area contributed by atoms with Gasteiger partial charge in [-0.3, -0.25) is 4.79 Å². The van der Waals surface area contributed by atoms with Crippen LogP contribution in [0.4, 0.5) is 5.69 Å². The second-order valence-corrected chi connectivity index (χ2v) is 5.88. The van der Waals surface area contributed by atoms with Crippen LogP contribution in [0.15, 0.2) is 48.5 Å². The first-order valence-corrected chi connectivity index (χ1v) is 7.75. The Bertz CT molecular complexity index is 635. The highest BCUT2D eigenvalue weighted by Crippen LogP contribution is 2.20. The monoisotopic (exact) mass is 313 g/mol. The first-order chi connectivity index (χ1) is 11.0. The van der Waals surface area contributed by atoms with Gasteiger partial charge in [0.2, 0.25) is 0 Å². The molecule has 0 aromatic heterocycles. The van der Waals surface area contributed by atoms with Crippen LogP contribution in [0.25, 0.3) is 0 Å². The van der Waals surface area contributed by atoms with Crippen LogP contribution in [0.2, 0.25) is 0 Å². The van der Waals surface area contributed by atoms with E-state index >= 15 is 0 Å². The molecule has 0 aliphatic heterocycles. The van der Waals surface area contributed by atoms with Gasteiger partial charge in [-0.1, -0.05) is 37.6 Å². The van der Waals surface area contributed by atoms with Crippen molar-refractivity contribution in [3.63, 3.8) is 0 Å². The summed E-state index contributed by atoms with van der Waals surface area (Å²) in [4.78, 5) is 11.9. The normalized spacial score (nSPS) is 10.4. The molecule has 23 heavy (non-hydrogen) atoms. The summed E-state index contributed by atoms with van der Waals surface area (Å²) < 4.78 is 11.2. The molecule has 0 aliphatic carbocycles. The van der Waals surface area contributed by atoms with Gasteiger partial charge >= 0.3 is 0 Å². The summed E-state index contributed by atoms with van der Waals surface area (Å²) in [6.45, 7) is 6.80. The van der Waals surface area contributed by atoms with E-state index in [1.54, 1.807) is 12.1 Å². The summed E-state index contributed by atoms with van der Waals surface area (Å²) >= 11 is 0. The molecule has 0 saturated heterocycles. The number of amides is 1. The maximum Gasteiger partial charge on any atom is 0.262 e. The minimum atomic E-state index is -0.192. The number of rotatable bonds is 7. The lowest BCUT2D eigenvalue weighted by Gasteiger charge is -2.11. The summed E-state index contributed by atoms with van der Waals surface area (Å²) in [5.41, 5.74) is 1.91. The molecule has 0 spiro atoms. The first kappa shape index (κ1) is 16.9. The lowest BCUT2D eigenvalue weighted by Crippen LogP contribution is -2.20. The SMILES string of the molecule is Cc1ccc(NC(=O)COc2cccc(OCC(C)C)c2)cc1. The quantitative estimate of drug-likeness (QED) is 0.839. The third-order valence-electron chi connectivity index (χ3n) is 3.09. The number of ether oxygens (including phenoxy) is 2. The van der Waals surface area contributed by atoms with Gasteiger partial charge in [-0.25, -0.2) is 0 Å². The van der Waals surface area contributed by atoms with Gasteiger partial charge in [-0.05, 0) is 37.1 Å². The highest BCUT2D eigenvalue weighted by atomic mass is 16.5.